The molecule has 6 heteroatoms. The molecule has 4 aromatic rings. The summed E-state index contributed by atoms with van der Waals surface area (Å²) in [6, 6.07) is 15.6. The van der Waals surface area contributed by atoms with Crippen LogP contribution in [-0.4, -0.2) is 25.3 Å². The SMILES string of the molecule is CC(C)CSc1nc2ccccc2c2nc(-c3ccc(Cl)cc3)nn12. The van der Waals surface area contributed by atoms with E-state index < -0.39 is 0 Å². The maximum Gasteiger partial charge on any atom is 0.191 e. The number of thioether (sulfide) groups is 1. The van der Waals surface area contributed by atoms with Crippen molar-refractivity contribution >= 4 is 39.9 Å². The highest BCUT2D eigenvalue weighted by molar-refractivity contribution is 7.99. The van der Waals surface area contributed by atoms with Crippen LogP contribution in [0, 0.1) is 5.92 Å². The Bertz CT molecular complexity index is 1040. The van der Waals surface area contributed by atoms with E-state index in [0.29, 0.717) is 16.8 Å². The summed E-state index contributed by atoms with van der Waals surface area (Å²) in [6.45, 7) is 4.40. The number of hydrogen-bond donors (Lipinski definition) is 0. The molecule has 2 aromatic heterocycles. The second-order valence-corrected chi connectivity index (χ2v) is 7.72. The Morgan fingerprint density at radius 2 is 1.80 bits per heavy atom. The highest BCUT2D eigenvalue weighted by atomic mass is 35.5. The van der Waals surface area contributed by atoms with Gasteiger partial charge in [0.2, 0.25) is 0 Å². The van der Waals surface area contributed by atoms with E-state index in [0.717, 1.165) is 33.0 Å². The predicted octanol–water partition coefficient (Wildman–Crippen LogP) is 5.35. The molecule has 2 aromatic carbocycles. The van der Waals surface area contributed by atoms with E-state index in [4.69, 9.17) is 26.7 Å². The number of para-hydroxylation sites is 1. The molecule has 25 heavy (non-hydrogen) atoms. The molecule has 0 atom stereocenters. The number of aromatic nitrogens is 4. The van der Waals surface area contributed by atoms with Gasteiger partial charge in [-0.25, -0.2) is 9.97 Å². The smallest absolute Gasteiger partial charge is 0.191 e. The van der Waals surface area contributed by atoms with Crippen molar-refractivity contribution in [2.75, 3.05) is 5.75 Å². The van der Waals surface area contributed by atoms with Crippen molar-refractivity contribution in [1.82, 2.24) is 19.6 Å². The molecule has 126 valence electrons. The van der Waals surface area contributed by atoms with E-state index in [1.807, 2.05) is 53.0 Å². The first-order valence-corrected chi connectivity index (χ1v) is 9.52. The van der Waals surface area contributed by atoms with Crippen LogP contribution in [0.2, 0.25) is 5.02 Å². The van der Waals surface area contributed by atoms with E-state index in [1.54, 1.807) is 11.8 Å². The lowest BCUT2D eigenvalue weighted by atomic mass is 10.2. The predicted molar refractivity (Wildman–Crippen MR) is 104 cm³/mol. The average Bonchev–Trinajstić information content (AvgIpc) is 3.06. The van der Waals surface area contributed by atoms with Gasteiger partial charge in [-0.05, 0) is 42.3 Å². The molecule has 0 unspecified atom stereocenters. The summed E-state index contributed by atoms with van der Waals surface area (Å²) in [6.07, 6.45) is 0. The molecule has 0 bridgehead atoms. The fourth-order valence-electron chi connectivity index (χ4n) is 2.59. The molecule has 0 saturated heterocycles. The van der Waals surface area contributed by atoms with Crippen molar-refractivity contribution in [2.24, 2.45) is 5.92 Å². The second kappa shape index (κ2) is 6.65. The Hall–Kier alpha value is -2.11. The number of benzene rings is 2. The first kappa shape index (κ1) is 16.4. The van der Waals surface area contributed by atoms with Crippen molar-refractivity contribution in [2.45, 2.75) is 19.0 Å². The molecule has 4 rings (SSSR count). The molecular weight excluding hydrogens is 352 g/mol. The molecule has 0 amide bonds. The lowest BCUT2D eigenvalue weighted by molar-refractivity contribution is 0.742. The Kier molecular flexibility index (Phi) is 4.36. The zero-order chi connectivity index (χ0) is 17.4. The standard InChI is InChI=1S/C19H17ClN4S/c1-12(2)11-25-19-21-16-6-4-3-5-15(16)18-22-17(23-24(18)19)13-7-9-14(20)10-8-13/h3-10,12H,11H2,1-2H3. The van der Waals surface area contributed by atoms with Gasteiger partial charge in [-0.3, -0.25) is 0 Å². The summed E-state index contributed by atoms with van der Waals surface area (Å²) in [5.74, 6) is 2.24. The maximum absolute atomic E-state index is 5.99. The number of fused-ring (bicyclic) bond motifs is 3. The third-order valence-corrected chi connectivity index (χ3v) is 5.41. The van der Waals surface area contributed by atoms with Crippen molar-refractivity contribution in [1.29, 1.82) is 0 Å². The Balaban J connectivity index is 1.92. The highest BCUT2D eigenvalue weighted by Crippen LogP contribution is 2.27. The van der Waals surface area contributed by atoms with Gasteiger partial charge in [0, 0.05) is 21.7 Å². The highest BCUT2D eigenvalue weighted by Gasteiger charge is 2.15. The van der Waals surface area contributed by atoms with Gasteiger partial charge in [0.1, 0.15) is 0 Å². The fourth-order valence-corrected chi connectivity index (χ4v) is 3.61. The van der Waals surface area contributed by atoms with Crippen LogP contribution in [0.15, 0.2) is 53.7 Å². The topological polar surface area (TPSA) is 43.1 Å². The zero-order valence-electron chi connectivity index (χ0n) is 14.0. The third-order valence-electron chi connectivity index (χ3n) is 3.80. The van der Waals surface area contributed by atoms with Gasteiger partial charge in [-0.2, -0.15) is 4.52 Å². The van der Waals surface area contributed by atoms with Crippen LogP contribution in [0.5, 0.6) is 0 Å². The molecule has 0 aliphatic heterocycles. The fraction of sp³-hybridized carbons (Fsp3) is 0.211. The van der Waals surface area contributed by atoms with Gasteiger partial charge < -0.3 is 0 Å². The minimum Gasteiger partial charge on any atom is -0.222 e. The van der Waals surface area contributed by atoms with Crippen LogP contribution in [0.25, 0.3) is 27.9 Å². The first-order valence-electron chi connectivity index (χ1n) is 8.16. The van der Waals surface area contributed by atoms with E-state index in [1.165, 1.54) is 0 Å². The number of rotatable bonds is 4. The molecule has 0 radical (unpaired) electrons. The van der Waals surface area contributed by atoms with Crippen LogP contribution < -0.4 is 0 Å². The molecule has 2 heterocycles. The number of nitrogens with zero attached hydrogens (tertiary/aromatic N) is 4. The van der Waals surface area contributed by atoms with Crippen molar-refractivity contribution in [3.63, 3.8) is 0 Å². The van der Waals surface area contributed by atoms with Crippen LogP contribution in [-0.2, 0) is 0 Å². The van der Waals surface area contributed by atoms with E-state index >= 15 is 0 Å². The van der Waals surface area contributed by atoms with Crippen LogP contribution in [0.3, 0.4) is 0 Å². The summed E-state index contributed by atoms with van der Waals surface area (Å²) in [4.78, 5) is 9.58. The number of halogens is 1. The lowest BCUT2D eigenvalue weighted by Crippen LogP contribution is -2.00. The minimum atomic E-state index is 0.576. The summed E-state index contributed by atoms with van der Waals surface area (Å²) in [5.41, 5.74) is 2.72. The lowest BCUT2D eigenvalue weighted by Gasteiger charge is -2.07. The van der Waals surface area contributed by atoms with Crippen LogP contribution in [0.1, 0.15) is 13.8 Å². The second-order valence-electron chi connectivity index (χ2n) is 6.29. The molecule has 4 nitrogen and oxygen atoms in total. The Morgan fingerprint density at radius 3 is 2.56 bits per heavy atom. The average molecular weight is 369 g/mol. The van der Waals surface area contributed by atoms with Crippen LogP contribution >= 0.6 is 23.4 Å². The number of hydrogen-bond acceptors (Lipinski definition) is 4. The summed E-state index contributed by atoms with van der Waals surface area (Å²) < 4.78 is 1.86. The minimum absolute atomic E-state index is 0.576. The molecule has 0 fully saturated rings. The zero-order valence-corrected chi connectivity index (χ0v) is 15.6. The largest absolute Gasteiger partial charge is 0.222 e. The molecule has 0 spiro atoms. The van der Waals surface area contributed by atoms with Gasteiger partial charge in [0.05, 0.1) is 5.52 Å². The van der Waals surface area contributed by atoms with E-state index in [9.17, 15) is 0 Å². The maximum atomic E-state index is 5.99. The Morgan fingerprint density at radius 1 is 1.04 bits per heavy atom. The van der Waals surface area contributed by atoms with Crippen molar-refractivity contribution in [3.8, 4) is 11.4 Å². The van der Waals surface area contributed by atoms with E-state index in [2.05, 4.69) is 13.8 Å². The van der Waals surface area contributed by atoms with Gasteiger partial charge in [0.15, 0.2) is 16.6 Å². The first-order chi connectivity index (χ1) is 12.1. The van der Waals surface area contributed by atoms with Gasteiger partial charge >= 0.3 is 0 Å². The van der Waals surface area contributed by atoms with Crippen molar-refractivity contribution < 1.29 is 0 Å². The quantitative estimate of drug-likeness (QED) is 0.360. The third kappa shape index (κ3) is 3.22. The monoisotopic (exact) mass is 368 g/mol. The summed E-state index contributed by atoms with van der Waals surface area (Å²) >= 11 is 7.70. The molecule has 0 N–H and O–H groups in total. The van der Waals surface area contributed by atoms with E-state index in [-0.39, 0.29) is 0 Å². The normalized spacial score (nSPS) is 11.7. The van der Waals surface area contributed by atoms with Crippen molar-refractivity contribution in [3.05, 3.63) is 53.6 Å². The summed E-state index contributed by atoms with van der Waals surface area (Å²) in [7, 11) is 0. The summed E-state index contributed by atoms with van der Waals surface area (Å²) in [5, 5.41) is 7.30. The molecular formula is C19H17ClN4S. The van der Waals surface area contributed by atoms with Gasteiger partial charge in [-0.1, -0.05) is 49.3 Å². The molecule has 0 aliphatic carbocycles. The molecule has 0 aliphatic rings. The van der Waals surface area contributed by atoms with Gasteiger partial charge in [0.25, 0.3) is 0 Å². The van der Waals surface area contributed by atoms with Crippen LogP contribution in [0.4, 0.5) is 0 Å². The van der Waals surface area contributed by atoms with Gasteiger partial charge in [-0.15, -0.1) is 5.10 Å². The Labute approximate surface area is 155 Å². The molecule has 0 saturated carbocycles.